The normalized spacial score (nSPS) is 10.2. The Hall–Kier alpha value is -1.88. The maximum absolute atomic E-state index is 11.1. The summed E-state index contributed by atoms with van der Waals surface area (Å²) in [6, 6.07) is 4.25. The summed E-state index contributed by atoms with van der Waals surface area (Å²) in [5, 5.41) is 9.50. The van der Waals surface area contributed by atoms with E-state index in [1.807, 2.05) is 0 Å². The fourth-order valence-corrected chi connectivity index (χ4v) is 1.33. The minimum absolute atomic E-state index is 0.144. The molecule has 0 aliphatic carbocycles. The summed E-state index contributed by atoms with van der Waals surface area (Å²) in [5.74, 6) is -0.221. The molecule has 0 saturated heterocycles. The minimum atomic E-state index is -0.459. The average Bonchev–Trinajstić information content (AvgIpc) is 2.16. The van der Waals surface area contributed by atoms with E-state index in [0.29, 0.717) is 10.7 Å². The molecule has 0 spiro atoms. The third-order valence-corrected chi connectivity index (χ3v) is 2.02. The summed E-state index contributed by atoms with van der Waals surface area (Å²) in [6.07, 6.45) is 1.52. The van der Waals surface area contributed by atoms with E-state index in [2.05, 4.69) is 15.0 Å². The Bertz CT molecular complexity index is 553. The molecule has 0 aromatic carbocycles. The first-order valence-corrected chi connectivity index (χ1v) is 4.46. The molecule has 6 heteroatoms. The van der Waals surface area contributed by atoms with Crippen LogP contribution >= 0.6 is 11.6 Å². The van der Waals surface area contributed by atoms with Crippen LogP contribution < -0.4 is 5.56 Å². The van der Waals surface area contributed by atoms with Crippen molar-refractivity contribution in [1.82, 2.24) is 15.0 Å². The van der Waals surface area contributed by atoms with Gasteiger partial charge in [0.15, 0.2) is 5.82 Å². The van der Waals surface area contributed by atoms with Gasteiger partial charge in [0.2, 0.25) is 5.88 Å². The number of aromatic hydroxyl groups is 1. The van der Waals surface area contributed by atoms with E-state index >= 15 is 0 Å². The molecule has 0 radical (unpaired) electrons. The SMILES string of the molecule is O=c1cc(O)nc(-c2ncccc2Cl)[nH]1. The standard InChI is InChI=1S/C9H6ClN3O2/c10-5-2-1-3-11-8(5)9-12-6(14)4-7(15)13-9/h1-4H,(H2,12,13,14,15). The van der Waals surface area contributed by atoms with Crippen molar-refractivity contribution in [2.75, 3.05) is 0 Å². The highest BCUT2D eigenvalue weighted by atomic mass is 35.5. The molecule has 15 heavy (non-hydrogen) atoms. The number of nitrogens with zero attached hydrogens (tertiary/aromatic N) is 2. The highest BCUT2D eigenvalue weighted by Crippen LogP contribution is 2.21. The van der Waals surface area contributed by atoms with Crippen LogP contribution in [0.4, 0.5) is 0 Å². The molecule has 2 heterocycles. The molecule has 5 nitrogen and oxygen atoms in total. The lowest BCUT2D eigenvalue weighted by molar-refractivity contribution is 0.452. The maximum Gasteiger partial charge on any atom is 0.255 e. The molecular formula is C9H6ClN3O2. The summed E-state index contributed by atoms with van der Waals surface area (Å²) in [6.45, 7) is 0. The lowest BCUT2D eigenvalue weighted by Crippen LogP contribution is -2.07. The van der Waals surface area contributed by atoms with Gasteiger partial charge in [0.1, 0.15) is 5.69 Å². The van der Waals surface area contributed by atoms with E-state index < -0.39 is 5.56 Å². The second kappa shape index (κ2) is 3.70. The van der Waals surface area contributed by atoms with Gasteiger partial charge < -0.3 is 10.1 Å². The number of rotatable bonds is 1. The van der Waals surface area contributed by atoms with Gasteiger partial charge in [0.05, 0.1) is 11.1 Å². The molecule has 0 bridgehead atoms. The predicted octanol–water partition coefficient (Wildman–Crippen LogP) is 1.19. The number of aromatic amines is 1. The second-order valence-electron chi connectivity index (χ2n) is 2.79. The van der Waals surface area contributed by atoms with Crippen molar-refractivity contribution in [3.05, 3.63) is 39.8 Å². The van der Waals surface area contributed by atoms with Crippen molar-refractivity contribution in [3.8, 4) is 17.4 Å². The van der Waals surface area contributed by atoms with Crippen molar-refractivity contribution in [2.24, 2.45) is 0 Å². The molecule has 0 unspecified atom stereocenters. The lowest BCUT2D eigenvalue weighted by Gasteiger charge is -2.01. The third-order valence-electron chi connectivity index (χ3n) is 1.71. The van der Waals surface area contributed by atoms with Crippen molar-refractivity contribution >= 4 is 11.6 Å². The molecule has 0 atom stereocenters. The summed E-state index contributed by atoms with van der Waals surface area (Å²) < 4.78 is 0. The number of pyridine rings is 1. The van der Waals surface area contributed by atoms with Gasteiger partial charge >= 0.3 is 0 Å². The molecule has 2 rings (SSSR count). The first-order valence-electron chi connectivity index (χ1n) is 4.08. The first kappa shape index (κ1) is 9.67. The predicted molar refractivity (Wildman–Crippen MR) is 54.8 cm³/mol. The van der Waals surface area contributed by atoms with Crippen LogP contribution in [0.2, 0.25) is 5.02 Å². The third kappa shape index (κ3) is 1.97. The van der Waals surface area contributed by atoms with Crippen LogP contribution in [-0.4, -0.2) is 20.1 Å². The largest absolute Gasteiger partial charge is 0.493 e. The molecule has 0 aliphatic heterocycles. The minimum Gasteiger partial charge on any atom is -0.493 e. The Balaban J connectivity index is 2.64. The molecule has 0 amide bonds. The van der Waals surface area contributed by atoms with Gasteiger partial charge in [0.25, 0.3) is 5.56 Å². The smallest absolute Gasteiger partial charge is 0.255 e. The number of aromatic nitrogens is 3. The molecule has 2 N–H and O–H groups in total. The fraction of sp³-hybridized carbons (Fsp3) is 0. The fourth-order valence-electron chi connectivity index (χ4n) is 1.12. The topological polar surface area (TPSA) is 78.9 Å². The highest BCUT2D eigenvalue weighted by molar-refractivity contribution is 6.32. The number of nitrogens with one attached hydrogen (secondary N) is 1. The Kier molecular flexibility index (Phi) is 2.39. The van der Waals surface area contributed by atoms with Gasteiger partial charge in [-0.2, -0.15) is 4.98 Å². The summed E-state index contributed by atoms with van der Waals surface area (Å²) in [5.41, 5.74) is -0.133. The zero-order chi connectivity index (χ0) is 10.8. The van der Waals surface area contributed by atoms with E-state index in [4.69, 9.17) is 16.7 Å². The van der Waals surface area contributed by atoms with Crippen molar-refractivity contribution < 1.29 is 5.11 Å². The molecule has 0 fully saturated rings. The Morgan fingerprint density at radius 1 is 1.47 bits per heavy atom. The van der Waals surface area contributed by atoms with Crippen LogP contribution in [0.5, 0.6) is 5.88 Å². The van der Waals surface area contributed by atoms with E-state index in [0.717, 1.165) is 6.07 Å². The number of hydrogen-bond acceptors (Lipinski definition) is 4. The van der Waals surface area contributed by atoms with Gasteiger partial charge in [-0.1, -0.05) is 11.6 Å². The van der Waals surface area contributed by atoms with Gasteiger partial charge in [-0.25, -0.2) is 0 Å². The summed E-state index contributed by atoms with van der Waals surface area (Å²) in [4.78, 5) is 21.2. The maximum atomic E-state index is 11.1. The van der Waals surface area contributed by atoms with Crippen LogP contribution in [0.3, 0.4) is 0 Å². The van der Waals surface area contributed by atoms with Gasteiger partial charge in [-0.3, -0.25) is 9.78 Å². The summed E-state index contributed by atoms with van der Waals surface area (Å²) in [7, 11) is 0. The molecular weight excluding hydrogens is 218 g/mol. The van der Waals surface area contributed by atoms with Crippen LogP contribution in [0.25, 0.3) is 11.5 Å². The van der Waals surface area contributed by atoms with Gasteiger partial charge in [-0.15, -0.1) is 0 Å². The zero-order valence-electron chi connectivity index (χ0n) is 7.44. The van der Waals surface area contributed by atoms with Crippen LogP contribution in [0, 0.1) is 0 Å². The van der Waals surface area contributed by atoms with Crippen molar-refractivity contribution in [2.45, 2.75) is 0 Å². The first-order chi connectivity index (χ1) is 7.16. The molecule has 0 aliphatic rings. The van der Waals surface area contributed by atoms with E-state index in [1.54, 1.807) is 12.1 Å². The zero-order valence-corrected chi connectivity index (χ0v) is 8.19. The number of halogens is 1. The lowest BCUT2D eigenvalue weighted by atomic mass is 10.3. The monoisotopic (exact) mass is 223 g/mol. The molecule has 2 aromatic rings. The van der Waals surface area contributed by atoms with Gasteiger partial charge in [0, 0.05) is 6.20 Å². The van der Waals surface area contributed by atoms with Crippen molar-refractivity contribution in [3.63, 3.8) is 0 Å². The second-order valence-corrected chi connectivity index (χ2v) is 3.19. The number of H-pyrrole nitrogens is 1. The number of hydrogen-bond donors (Lipinski definition) is 2. The summed E-state index contributed by atoms with van der Waals surface area (Å²) >= 11 is 5.86. The van der Waals surface area contributed by atoms with E-state index in [1.165, 1.54) is 6.20 Å². The van der Waals surface area contributed by atoms with E-state index in [-0.39, 0.29) is 11.7 Å². The molecule has 76 valence electrons. The van der Waals surface area contributed by atoms with E-state index in [9.17, 15) is 4.79 Å². The van der Waals surface area contributed by atoms with Crippen LogP contribution in [0.1, 0.15) is 0 Å². The Labute approximate surface area is 89.4 Å². The van der Waals surface area contributed by atoms with Crippen LogP contribution in [0.15, 0.2) is 29.2 Å². The average molecular weight is 224 g/mol. The Morgan fingerprint density at radius 3 is 2.93 bits per heavy atom. The quantitative estimate of drug-likeness (QED) is 0.761. The Morgan fingerprint density at radius 2 is 2.27 bits per heavy atom. The van der Waals surface area contributed by atoms with Crippen LogP contribution in [-0.2, 0) is 0 Å². The highest BCUT2D eigenvalue weighted by Gasteiger charge is 2.08. The van der Waals surface area contributed by atoms with Crippen molar-refractivity contribution in [1.29, 1.82) is 0 Å². The molecule has 2 aromatic heterocycles. The van der Waals surface area contributed by atoms with Gasteiger partial charge in [-0.05, 0) is 12.1 Å². The molecule has 0 saturated carbocycles.